The number of anilines is 1. The maximum Gasteiger partial charge on any atom is 0.410 e. The van der Waals surface area contributed by atoms with Crippen LogP contribution in [0.4, 0.5) is 10.6 Å². The van der Waals surface area contributed by atoms with Gasteiger partial charge in [-0.3, -0.25) is 4.90 Å². The number of likely N-dealkylation sites (tertiary alicyclic amines) is 2. The Morgan fingerprint density at radius 2 is 1.88 bits per heavy atom. The quantitative estimate of drug-likeness (QED) is 0.517. The summed E-state index contributed by atoms with van der Waals surface area (Å²) in [5, 5.41) is 0.797. The molecule has 11 heteroatoms. The lowest BCUT2D eigenvalue weighted by Gasteiger charge is -2.52. The van der Waals surface area contributed by atoms with Crippen LogP contribution in [-0.4, -0.2) is 92.9 Å². The third-order valence-corrected chi connectivity index (χ3v) is 8.65. The van der Waals surface area contributed by atoms with E-state index in [9.17, 15) is 4.79 Å². The molecular formula is C29H46N6O5. The molecule has 3 aliphatic heterocycles. The number of methoxy groups -OCH3 is 1. The second-order valence-electron chi connectivity index (χ2n) is 13.0. The van der Waals surface area contributed by atoms with E-state index < -0.39 is 11.4 Å². The Kier molecular flexibility index (Phi) is 8.04. The van der Waals surface area contributed by atoms with Crippen LogP contribution < -0.4 is 5.73 Å². The Hall–Kier alpha value is -2.47. The van der Waals surface area contributed by atoms with Gasteiger partial charge < -0.3 is 34.1 Å². The summed E-state index contributed by atoms with van der Waals surface area (Å²) in [5.74, 6) is -0.320. The zero-order valence-corrected chi connectivity index (χ0v) is 24.9. The predicted molar refractivity (Wildman–Crippen MR) is 152 cm³/mol. The van der Waals surface area contributed by atoms with E-state index in [0.717, 1.165) is 49.8 Å². The van der Waals surface area contributed by atoms with E-state index in [2.05, 4.69) is 14.9 Å². The van der Waals surface area contributed by atoms with Gasteiger partial charge in [-0.05, 0) is 72.9 Å². The van der Waals surface area contributed by atoms with Crippen molar-refractivity contribution < 1.29 is 23.7 Å². The Balaban J connectivity index is 1.32. The largest absolute Gasteiger partial charge is 0.444 e. The zero-order chi connectivity index (χ0) is 28.7. The van der Waals surface area contributed by atoms with Gasteiger partial charge >= 0.3 is 6.09 Å². The Labute approximate surface area is 237 Å². The predicted octanol–water partition coefficient (Wildman–Crippen LogP) is 4.32. The zero-order valence-electron chi connectivity index (χ0n) is 24.9. The molecule has 2 aromatic rings. The van der Waals surface area contributed by atoms with E-state index in [4.69, 9.17) is 24.7 Å². The van der Waals surface area contributed by atoms with E-state index in [1.807, 2.05) is 56.3 Å². The number of hydrogen-bond acceptors (Lipinski definition) is 9. The molecule has 3 saturated heterocycles. The molecule has 3 aliphatic rings. The molecule has 2 N–H and O–H groups in total. The Bertz CT molecular complexity index is 1190. The molecule has 0 saturated carbocycles. The van der Waals surface area contributed by atoms with Gasteiger partial charge in [0.25, 0.3) is 0 Å². The van der Waals surface area contributed by atoms with Gasteiger partial charge in [-0.2, -0.15) is 0 Å². The number of ether oxygens (including phenoxy) is 4. The maximum absolute atomic E-state index is 12.7. The average molecular weight is 559 g/mol. The third kappa shape index (κ3) is 6.07. The SMILES string of the molecule is COC(C)(C)O[C@@H]1C[C@@H](CN2CCCCC23CCN(C(=O)OC(C)(C)C)CC3)O[C@H]1n1ccc2c(N)ncnc21. The number of piperidine rings is 2. The fraction of sp³-hybridized carbons (Fsp3) is 0.759. The van der Waals surface area contributed by atoms with Crippen LogP contribution in [0, 0.1) is 0 Å². The highest BCUT2D eigenvalue weighted by Crippen LogP contribution is 2.41. The lowest BCUT2D eigenvalue weighted by molar-refractivity contribution is -0.237. The van der Waals surface area contributed by atoms with Crippen molar-refractivity contribution in [3.63, 3.8) is 0 Å². The first kappa shape index (κ1) is 29.0. The Morgan fingerprint density at radius 3 is 2.58 bits per heavy atom. The van der Waals surface area contributed by atoms with Crippen molar-refractivity contribution in [1.29, 1.82) is 0 Å². The highest BCUT2D eigenvalue weighted by Gasteiger charge is 2.47. The number of nitrogens with zero attached hydrogens (tertiary/aromatic N) is 5. The molecule has 0 bridgehead atoms. The fourth-order valence-corrected chi connectivity index (χ4v) is 6.47. The molecule has 11 nitrogen and oxygen atoms in total. The Morgan fingerprint density at radius 1 is 1.12 bits per heavy atom. The molecule has 3 fully saturated rings. The summed E-state index contributed by atoms with van der Waals surface area (Å²) in [6.07, 6.45) is 8.72. The fourth-order valence-electron chi connectivity index (χ4n) is 6.47. The second-order valence-corrected chi connectivity index (χ2v) is 13.0. The summed E-state index contributed by atoms with van der Waals surface area (Å²) in [5.41, 5.74) is 6.43. The number of amides is 1. The highest BCUT2D eigenvalue weighted by molar-refractivity contribution is 5.86. The van der Waals surface area contributed by atoms with Gasteiger partial charge in [0.05, 0.1) is 11.5 Å². The molecule has 3 atom stereocenters. The lowest BCUT2D eigenvalue weighted by Crippen LogP contribution is -2.59. The van der Waals surface area contributed by atoms with E-state index in [1.54, 1.807) is 7.11 Å². The molecule has 0 aromatic carbocycles. The smallest absolute Gasteiger partial charge is 0.410 e. The topological polar surface area (TPSA) is 117 Å². The summed E-state index contributed by atoms with van der Waals surface area (Å²) in [7, 11) is 1.66. The summed E-state index contributed by atoms with van der Waals surface area (Å²) in [4.78, 5) is 25.8. The minimum Gasteiger partial charge on any atom is -0.444 e. The number of rotatable bonds is 6. The van der Waals surface area contributed by atoms with Crippen molar-refractivity contribution >= 4 is 22.9 Å². The first-order valence-electron chi connectivity index (χ1n) is 14.6. The van der Waals surface area contributed by atoms with Crippen molar-refractivity contribution in [1.82, 2.24) is 24.3 Å². The molecule has 1 amide bonds. The van der Waals surface area contributed by atoms with Gasteiger partial charge in [-0.1, -0.05) is 6.42 Å². The minimum atomic E-state index is -0.765. The normalized spacial score (nSPS) is 26.1. The van der Waals surface area contributed by atoms with Crippen LogP contribution in [0.25, 0.3) is 11.0 Å². The van der Waals surface area contributed by atoms with Crippen molar-refractivity contribution in [3.8, 4) is 0 Å². The number of carbonyl (C=O) groups is 1. The third-order valence-electron chi connectivity index (χ3n) is 8.65. The molecule has 40 heavy (non-hydrogen) atoms. The molecule has 1 spiro atoms. The summed E-state index contributed by atoms with van der Waals surface area (Å²) >= 11 is 0. The van der Waals surface area contributed by atoms with Crippen LogP contribution in [0.5, 0.6) is 0 Å². The molecule has 2 aromatic heterocycles. The maximum atomic E-state index is 12.7. The molecule has 5 heterocycles. The highest BCUT2D eigenvalue weighted by atomic mass is 16.7. The van der Waals surface area contributed by atoms with E-state index >= 15 is 0 Å². The second kappa shape index (κ2) is 11.1. The molecule has 0 radical (unpaired) electrons. The minimum absolute atomic E-state index is 0.0295. The van der Waals surface area contributed by atoms with Crippen LogP contribution >= 0.6 is 0 Å². The summed E-state index contributed by atoms with van der Waals surface area (Å²) in [6, 6.07) is 1.93. The van der Waals surface area contributed by atoms with Gasteiger partial charge in [0.1, 0.15) is 29.5 Å². The number of carbonyl (C=O) groups excluding carboxylic acids is 1. The van der Waals surface area contributed by atoms with Gasteiger partial charge in [0.2, 0.25) is 0 Å². The number of aromatic nitrogens is 3. The van der Waals surface area contributed by atoms with Gasteiger partial charge in [-0.25, -0.2) is 14.8 Å². The van der Waals surface area contributed by atoms with Gasteiger partial charge in [-0.15, -0.1) is 0 Å². The molecule has 5 rings (SSSR count). The number of nitrogen functional groups attached to an aromatic ring is 1. The van der Waals surface area contributed by atoms with Crippen molar-refractivity contribution in [2.24, 2.45) is 0 Å². The number of hydrogen-bond donors (Lipinski definition) is 1. The lowest BCUT2D eigenvalue weighted by atomic mass is 9.78. The standard InChI is InChI=1S/C29H46N6O5/c1-27(2,3)40-26(36)33-15-11-29(12-16-33)10-7-8-13-34(29)18-20-17-22(39-28(4,5)37-6)25(38-20)35-14-9-21-23(30)31-19-32-24(21)35/h9,14,19-20,22,25H,7-8,10-13,15-18H2,1-6H3,(H2,30,31,32)/t20-,22+,25+/m0/s1. The van der Waals surface area contributed by atoms with Crippen molar-refractivity contribution in [2.75, 3.05) is 39.0 Å². The monoisotopic (exact) mass is 558 g/mol. The average Bonchev–Trinajstić information content (AvgIpc) is 3.49. The van der Waals surface area contributed by atoms with Gasteiger partial charge in [0.15, 0.2) is 12.0 Å². The van der Waals surface area contributed by atoms with Crippen LogP contribution in [-0.2, 0) is 18.9 Å². The molecule has 0 unspecified atom stereocenters. The van der Waals surface area contributed by atoms with Crippen LogP contribution in [0.15, 0.2) is 18.6 Å². The molecule has 0 aliphatic carbocycles. The first-order chi connectivity index (χ1) is 18.9. The summed E-state index contributed by atoms with van der Waals surface area (Å²) < 4.78 is 26.5. The van der Waals surface area contributed by atoms with Crippen molar-refractivity contribution in [3.05, 3.63) is 18.6 Å². The van der Waals surface area contributed by atoms with Crippen LogP contribution in [0.3, 0.4) is 0 Å². The number of nitrogens with two attached hydrogens (primary N) is 1. The first-order valence-corrected chi connectivity index (χ1v) is 14.6. The van der Waals surface area contributed by atoms with Crippen LogP contribution in [0.1, 0.15) is 79.4 Å². The van der Waals surface area contributed by atoms with E-state index in [1.165, 1.54) is 19.2 Å². The van der Waals surface area contributed by atoms with E-state index in [-0.39, 0.29) is 30.1 Å². The van der Waals surface area contributed by atoms with Crippen molar-refractivity contribution in [2.45, 2.75) is 109 Å². The van der Waals surface area contributed by atoms with Gasteiger partial charge in [0, 0.05) is 44.9 Å². The molecule has 222 valence electrons. The summed E-state index contributed by atoms with van der Waals surface area (Å²) in [6.45, 7) is 12.8. The van der Waals surface area contributed by atoms with Crippen LogP contribution in [0.2, 0.25) is 0 Å². The number of fused-ring (bicyclic) bond motifs is 1. The van der Waals surface area contributed by atoms with E-state index in [0.29, 0.717) is 18.9 Å². The molecular weight excluding hydrogens is 512 g/mol.